The SMILES string of the molecule is COC(=O)c1nc(N)cc(C=CCl)n1. The smallest absolute Gasteiger partial charge is 0.376 e. The third-order valence-electron chi connectivity index (χ3n) is 1.37. The molecule has 0 aromatic carbocycles. The van der Waals surface area contributed by atoms with E-state index in [1.165, 1.54) is 24.8 Å². The number of carbonyl (C=O) groups excluding carboxylic acids is 1. The van der Waals surface area contributed by atoms with Crippen molar-refractivity contribution >= 4 is 29.5 Å². The zero-order valence-electron chi connectivity index (χ0n) is 7.40. The molecular formula is C8H8ClN3O2. The first-order valence-corrected chi connectivity index (χ1v) is 4.10. The number of nitrogens with zero attached hydrogens (tertiary/aromatic N) is 2. The Balaban J connectivity index is 3.13. The zero-order valence-corrected chi connectivity index (χ0v) is 8.15. The Labute approximate surface area is 85.6 Å². The topological polar surface area (TPSA) is 78.1 Å². The fourth-order valence-electron chi connectivity index (χ4n) is 0.818. The van der Waals surface area contributed by atoms with Crippen molar-refractivity contribution < 1.29 is 9.53 Å². The molecule has 0 aliphatic carbocycles. The number of methoxy groups -OCH3 is 1. The van der Waals surface area contributed by atoms with Crippen molar-refractivity contribution in [1.82, 2.24) is 9.97 Å². The number of ether oxygens (including phenoxy) is 1. The van der Waals surface area contributed by atoms with Crippen molar-refractivity contribution in [1.29, 1.82) is 0 Å². The highest BCUT2D eigenvalue weighted by Gasteiger charge is 2.10. The van der Waals surface area contributed by atoms with Crippen LogP contribution in [0.4, 0.5) is 5.82 Å². The lowest BCUT2D eigenvalue weighted by Gasteiger charge is -2.00. The lowest BCUT2D eigenvalue weighted by Crippen LogP contribution is -2.09. The summed E-state index contributed by atoms with van der Waals surface area (Å²) in [5.41, 5.74) is 7.16. The summed E-state index contributed by atoms with van der Waals surface area (Å²) in [6.07, 6.45) is 1.49. The van der Waals surface area contributed by atoms with Crippen molar-refractivity contribution in [2.24, 2.45) is 0 Å². The van der Waals surface area contributed by atoms with Crippen LogP contribution in [0.3, 0.4) is 0 Å². The van der Waals surface area contributed by atoms with Crippen LogP contribution in [0, 0.1) is 0 Å². The van der Waals surface area contributed by atoms with Gasteiger partial charge in [0.25, 0.3) is 0 Å². The van der Waals surface area contributed by atoms with Crippen molar-refractivity contribution in [3.05, 3.63) is 23.1 Å². The fraction of sp³-hybridized carbons (Fsp3) is 0.125. The molecule has 5 nitrogen and oxygen atoms in total. The van der Waals surface area contributed by atoms with Gasteiger partial charge in [-0.15, -0.1) is 0 Å². The van der Waals surface area contributed by atoms with Gasteiger partial charge in [-0.05, 0) is 6.08 Å². The van der Waals surface area contributed by atoms with Crippen LogP contribution in [-0.2, 0) is 4.74 Å². The largest absolute Gasteiger partial charge is 0.463 e. The van der Waals surface area contributed by atoms with Crippen LogP contribution in [-0.4, -0.2) is 23.0 Å². The standard InChI is InChI=1S/C8H8ClN3O2/c1-14-8(13)7-11-5(2-3-9)4-6(10)12-7/h2-4H,1H3,(H2,10,11,12). The zero-order chi connectivity index (χ0) is 10.6. The van der Waals surface area contributed by atoms with E-state index in [1.807, 2.05) is 0 Å². The lowest BCUT2D eigenvalue weighted by molar-refractivity contribution is 0.0587. The second kappa shape index (κ2) is 4.57. The first-order valence-electron chi connectivity index (χ1n) is 3.67. The maximum atomic E-state index is 11.1. The van der Waals surface area contributed by atoms with E-state index in [0.717, 1.165) is 0 Å². The van der Waals surface area contributed by atoms with E-state index in [4.69, 9.17) is 17.3 Å². The number of hydrogen-bond acceptors (Lipinski definition) is 5. The van der Waals surface area contributed by atoms with Crippen LogP contribution in [0.1, 0.15) is 16.3 Å². The molecule has 2 N–H and O–H groups in total. The third-order valence-corrected chi connectivity index (χ3v) is 1.49. The summed E-state index contributed by atoms with van der Waals surface area (Å²) < 4.78 is 4.45. The van der Waals surface area contributed by atoms with E-state index in [1.54, 1.807) is 0 Å². The Kier molecular flexibility index (Phi) is 3.41. The molecule has 0 aliphatic rings. The monoisotopic (exact) mass is 213 g/mol. The minimum Gasteiger partial charge on any atom is -0.463 e. The van der Waals surface area contributed by atoms with E-state index < -0.39 is 5.97 Å². The van der Waals surface area contributed by atoms with Gasteiger partial charge < -0.3 is 10.5 Å². The molecular weight excluding hydrogens is 206 g/mol. The molecule has 1 rings (SSSR count). The second-order valence-electron chi connectivity index (χ2n) is 2.33. The number of nitrogen functional groups attached to an aromatic ring is 1. The Hall–Kier alpha value is -1.62. The van der Waals surface area contributed by atoms with Gasteiger partial charge in [0.1, 0.15) is 5.82 Å². The second-order valence-corrected chi connectivity index (χ2v) is 2.58. The van der Waals surface area contributed by atoms with Crippen molar-refractivity contribution in [2.45, 2.75) is 0 Å². The number of rotatable bonds is 2. The Bertz CT molecular complexity index is 379. The van der Waals surface area contributed by atoms with E-state index in [2.05, 4.69) is 14.7 Å². The molecule has 1 aromatic rings. The van der Waals surface area contributed by atoms with Crippen molar-refractivity contribution in [3.8, 4) is 0 Å². The molecule has 74 valence electrons. The number of hydrogen-bond donors (Lipinski definition) is 1. The van der Waals surface area contributed by atoms with Gasteiger partial charge in [-0.1, -0.05) is 11.6 Å². The molecule has 0 saturated carbocycles. The quantitative estimate of drug-likeness (QED) is 0.743. The molecule has 6 heteroatoms. The summed E-state index contributed by atoms with van der Waals surface area (Å²) in [5.74, 6) is -0.538. The number of esters is 1. The third kappa shape index (κ3) is 2.43. The molecule has 1 aromatic heterocycles. The Morgan fingerprint density at radius 3 is 2.93 bits per heavy atom. The Morgan fingerprint density at radius 1 is 1.64 bits per heavy atom. The summed E-state index contributed by atoms with van der Waals surface area (Å²) in [5, 5.41) is 0. The van der Waals surface area contributed by atoms with Crippen LogP contribution >= 0.6 is 11.6 Å². The average Bonchev–Trinajstić information content (AvgIpc) is 2.16. The molecule has 14 heavy (non-hydrogen) atoms. The first-order chi connectivity index (χ1) is 6.67. The maximum absolute atomic E-state index is 11.1. The minimum atomic E-state index is -0.637. The number of nitrogens with two attached hydrogens (primary N) is 1. The molecule has 0 aliphatic heterocycles. The van der Waals surface area contributed by atoms with Crippen LogP contribution in [0.15, 0.2) is 11.6 Å². The summed E-state index contributed by atoms with van der Waals surface area (Å²) >= 11 is 5.36. The van der Waals surface area contributed by atoms with Gasteiger partial charge in [-0.2, -0.15) is 0 Å². The molecule has 0 amide bonds. The fourth-order valence-corrected chi connectivity index (χ4v) is 0.947. The van der Waals surface area contributed by atoms with Gasteiger partial charge in [0.15, 0.2) is 0 Å². The first kappa shape index (κ1) is 10.5. The molecule has 0 spiro atoms. The highest BCUT2D eigenvalue weighted by atomic mass is 35.5. The van der Waals surface area contributed by atoms with Gasteiger partial charge in [0.05, 0.1) is 12.8 Å². The van der Waals surface area contributed by atoms with Crippen LogP contribution in [0.2, 0.25) is 0 Å². The van der Waals surface area contributed by atoms with Crippen LogP contribution in [0.25, 0.3) is 6.08 Å². The molecule has 0 unspecified atom stereocenters. The molecule has 1 heterocycles. The van der Waals surface area contributed by atoms with E-state index in [0.29, 0.717) is 5.69 Å². The number of aromatic nitrogens is 2. The number of halogens is 1. The summed E-state index contributed by atoms with van der Waals surface area (Å²) in [7, 11) is 1.24. The van der Waals surface area contributed by atoms with Gasteiger partial charge in [0.2, 0.25) is 5.82 Å². The Morgan fingerprint density at radius 2 is 2.36 bits per heavy atom. The molecule has 0 saturated heterocycles. The van der Waals surface area contributed by atoms with Gasteiger partial charge >= 0.3 is 5.97 Å². The molecule has 0 fully saturated rings. The molecule has 0 atom stereocenters. The summed E-state index contributed by atoms with van der Waals surface area (Å²) in [6, 6.07) is 1.49. The van der Waals surface area contributed by atoms with E-state index in [9.17, 15) is 4.79 Å². The van der Waals surface area contributed by atoms with Crippen LogP contribution < -0.4 is 5.73 Å². The van der Waals surface area contributed by atoms with E-state index >= 15 is 0 Å². The number of anilines is 1. The van der Waals surface area contributed by atoms with Gasteiger partial charge in [-0.25, -0.2) is 14.8 Å². The predicted molar refractivity (Wildman–Crippen MR) is 52.7 cm³/mol. The average molecular weight is 214 g/mol. The highest BCUT2D eigenvalue weighted by molar-refractivity contribution is 6.27. The summed E-state index contributed by atoms with van der Waals surface area (Å²) in [6.45, 7) is 0. The van der Waals surface area contributed by atoms with Crippen molar-refractivity contribution in [3.63, 3.8) is 0 Å². The summed E-state index contributed by atoms with van der Waals surface area (Å²) in [4.78, 5) is 18.6. The normalized spacial score (nSPS) is 10.4. The molecule has 0 radical (unpaired) electrons. The predicted octanol–water partition coefficient (Wildman–Crippen LogP) is 1.05. The lowest BCUT2D eigenvalue weighted by atomic mass is 10.3. The van der Waals surface area contributed by atoms with Crippen molar-refractivity contribution in [2.75, 3.05) is 12.8 Å². The number of carbonyl (C=O) groups is 1. The molecule has 0 bridgehead atoms. The highest BCUT2D eigenvalue weighted by Crippen LogP contribution is 2.06. The maximum Gasteiger partial charge on any atom is 0.376 e. The van der Waals surface area contributed by atoms with E-state index in [-0.39, 0.29) is 11.6 Å². The van der Waals surface area contributed by atoms with Gasteiger partial charge in [-0.3, -0.25) is 0 Å². The van der Waals surface area contributed by atoms with Gasteiger partial charge in [0, 0.05) is 11.6 Å². The minimum absolute atomic E-state index is 0.0859. The van der Waals surface area contributed by atoms with Crippen LogP contribution in [0.5, 0.6) is 0 Å².